The molecule has 3 aliphatic rings. The Morgan fingerprint density at radius 2 is 2.06 bits per heavy atom. The van der Waals surface area contributed by atoms with Gasteiger partial charge >= 0.3 is 0 Å². The first-order valence-electron chi connectivity index (χ1n) is 11.0. The van der Waals surface area contributed by atoms with E-state index in [1.165, 1.54) is 19.4 Å². The van der Waals surface area contributed by atoms with Gasteiger partial charge in [0.15, 0.2) is 11.5 Å². The van der Waals surface area contributed by atoms with Crippen molar-refractivity contribution in [2.45, 2.75) is 51.5 Å². The standard InChI is InChI=1S/C24H24F2N2O5/c1-12-8-24(5-6-24)18-17(33-12)11-28-10-15(20(29)22(32-2)19(28)21(18)30)23(31)27-9-13-3-4-14(25)7-16(13)26/h3-4,7,10,12,17-18H,5-6,8-9,11H2,1-2H3,(H,27,31). The molecule has 1 saturated carbocycles. The van der Waals surface area contributed by atoms with E-state index in [9.17, 15) is 23.2 Å². The van der Waals surface area contributed by atoms with Crippen molar-refractivity contribution in [1.29, 1.82) is 0 Å². The van der Waals surface area contributed by atoms with E-state index in [1.807, 2.05) is 6.92 Å². The highest BCUT2D eigenvalue weighted by atomic mass is 19.1. The van der Waals surface area contributed by atoms with Gasteiger partial charge in [0.1, 0.15) is 22.9 Å². The van der Waals surface area contributed by atoms with Gasteiger partial charge in [-0.15, -0.1) is 0 Å². The number of hydrogen-bond acceptors (Lipinski definition) is 5. The average Bonchev–Trinajstić information content (AvgIpc) is 3.51. The van der Waals surface area contributed by atoms with Crippen molar-refractivity contribution in [2.75, 3.05) is 7.11 Å². The number of Topliss-reactive ketones (excluding diaryl/α,β-unsaturated/α-hetero) is 1. The lowest BCUT2D eigenvalue weighted by Crippen LogP contribution is -2.52. The molecule has 3 unspecified atom stereocenters. The third-order valence-corrected chi connectivity index (χ3v) is 7.06. The van der Waals surface area contributed by atoms with Crippen molar-refractivity contribution in [3.8, 4) is 5.75 Å². The van der Waals surface area contributed by atoms with Crippen LogP contribution >= 0.6 is 0 Å². The zero-order chi connectivity index (χ0) is 23.5. The first-order chi connectivity index (χ1) is 15.7. The zero-order valence-electron chi connectivity index (χ0n) is 18.3. The van der Waals surface area contributed by atoms with Gasteiger partial charge < -0.3 is 19.4 Å². The second kappa shape index (κ2) is 7.76. The molecule has 1 spiro atoms. The van der Waals surface area contributed by atoms with Gasteiger partial charge in [0.2, 0.25) is 5.43 Å². The second-order valence-electron chi connectivity index (χ2n) is 9.22. The molecule has 0 radical (unpaired) electrons. The Hall–Kier alpha value is -3.07. The molecule has 7 nitrogen and oxygen atoms in total. The number of aromatic nitrogens is 1. The lowest BCUT2D eigenvalue weighted by molar-refractivity contribution is -0.108. The van der Waals surface area contributed by atoms with Gasteiger partial charge in [-0.1, -0.05) is 6.07 Å². The summed E-state index contributed by atoms with van der Waals surface area (Å²) in [6.45, 7) is 2.08. The molecule has 3 atom stereocenters. The van der Waals surface area contributed by atoms with Gasteiger partial charge in [0.05, 0.1) is 25.2 Å². The summed E-state index contributed by atoms with van der Waals surface area (Å²) >= 11 is 0. The second-order valence-corrected chi connectivity index (χ2v) is 9.22. The Morgan fingerprint density at radius 1 is 1.30 bits per heavy atom. The number of carbonyl (C=O) groups is 2. The highest BCUT2D eigenvalue weighted by molar-refractivity contribution is 6.02. The molecule has 2 aliphatic heterocycles. The van der Waals surface area contributed by atoms with Crippen molar-refractivity contribution in [1.82, 2.24) is 9.88 Å². The molecular weight excluding hydrogens is 434 g/mol. The van der Waals surface area contributed by atoms with E-state index in [0.717, 1.165) is 31.4 Å². The van der Waals surface area contributed by atoms with Gasteiger partial charge in [-0.3, -0.25) is 14.4 Å². The van der Waals surface area contributed by atoms with E-state index in [-0.39, 0.29) is 58.4 Å². The summed E-state index contributed by atoms with van der Waals surface area (Å²) in [7, 11) is 1.29. The molecule has 33 heavy (non-hydrogen) atoms. The van der Waals surface area contributed by atoms with Gasteiger partial charge in [-0.05, 0) is 37.7 Å². The summed E-state index contributed by atoms with van der Waals surface area (Å²) in [4.78, 5) is 39.4. The Labute approximate surface area is 188 Å². The quantitative estimate of drug-likeness (QED) is 0.762. The predicted molar refractivity (Wildman–Crippen MR) is 113 cm³/mol. The number of hydrogen-bond donors (Lipinski definition) is 1. The molecule has 9 heteroatoms. The number of benzene rings is 1. The molecule has 0 bridgehead atoms. The normalized spacial score (nSPS) is 24.7. The number of nitrogens with one attached hydrogen (secondary N) is 1. The molecule has 1 saturated heterocycles. The van der Waals surface area contributed by atoms with Crippen molar-refractivity contribution in [3.05, 3.63) is 63.1 Å². The van der Waals surface area contributed by atoms with Crippen LogP contribution in [-0.4, -0.2) is 35.6 Å². The van der Waals surface area contributed by atoms with Crippen LogP contribution in [0.3, 0.4) is 0 Å². The Morgan fingerprint density at radius 3 is 2.73 bits per heavy atom. The van der Waals surface area contributed by atoms with Crippen molar-refractivity contribution in [2.24, 2.45) is 11.3 Å². The number of rotatable bonds is 4. The third kappa shape index (κ3) is 3.55. The average molecular weight is 458 g/mol. The van der Waals surface area contributed by atoms with E-state index in [2.05, 4.69) is 5.32 Å². The highest BCUT2D eigenvalue weighted by Gasteiger charge is 2.60. The Kier molecular flexibility index (Phi) is 5.12. The zero-order valence-corrected chi connectivity index (χ0v) is 18.3. The number of pyridine rings is 1. The SMILES string of the molecule is COc1c2n(cc(C(=O)NCc3ccc(F)cc3F)c1=O)CC1OC(C)CC3(CC3)C1C2=O. The van der Waals surface area contributed by atoms with E-state index >= 15 is 0 Å². The Balaban J connectivity index is 1.48. The van der Waals surface area contributed by atoms with Crippen LogP contribution in [0.5, 0.6) is 5.75 Å². The van der Waals surface area contributed by atoms with Crippen molar-refractivity contribution < 1.29 is 27.8 Å². The molecule has 3 heterocycles. The topological polar surface area (TPSA) is 86.6 Å². The number of halogens is 2. The van der Waals surface area contributed by atoms with Crippen LogP contribution in [0.15, 0.2) is 29.2 Å². The molecule has 1 N–H and O–H groups in total. The number of carbonyl (C=O) groups excluding carboxylic acids is 2. The van der Waals surface area contributed by atoms with Gasteiger partial charge in [0.25, 0.3) is 5.91 Å². The summed E-state index contributed by atoms with van der Waals surface area (Å²) in [5.41, 5.74) is -0.778. The van der Waals surface area contributed by atoms with Crippen LogP contribution in [0.2, 0.25) is 0 Å². The maximum Gasteiger partial charge on any atom is 0.257 e. The van der Waals surface area contributed by atoms with Crippen LogP contribution < -0.4 is 15.5 Å². The van der Waals surface area contributed by atoms with Crippen LogP contribution in [-0.2, 0) is 17.8 Å². The molecule has 174 valence electrons. The largest absolute Gasteiger partial charge is 0.491 e. The smallest absolute Gasteiger partial charge is 0.257 e. The maximum atomic E-state index is 13.9. The van der Waals surface area contributed by atoms with Crippen LogP contribution in [0.1, 0.15) is 52.6 Å². The number of ether oxygens (including phenoxy) is 2. The van der Waals surface area contributed by atoms with Crippen molar-refractivity contribution >= 4 is 11.7 Å². The van der Waals surface area contributed by atoms with Crippen LogP contribution in [0.4, 0.5) is 8.78 Å². The number of fused-ring (bicyclic) bond motifs is 3. The van der Waals surface area contributed by atoms with Gasteiger partial charge in [0, 0.05) is 30.9 Å². The molecule has 1 aromatic carbocycles. The molecular formula is C24H24F2N2O5. The van der Waals surface area contributed by atoms with Crippen LogP contribution in [0, 0.1) is 23.0 Å². The molecule has 2 aromatic rings. The van der Waals surface area contributed by atoms with E-state index < -0.39 is 23.0 Å². The van der Waals surface area contributed by atoms with E-state index in [1.54, 1.807) is 4.57 Å². The van der Waals surface area contributed by atoms with Gasteiger partial charge in [-0.25, -0.2) is 8.78 Å². The summed E-state index contributed by atoms with van der Waals surface area (Å²) in [6, 6.07) is 3.03. The van der Waals surface area contributed by atoms with E-state index in [4.69, 9.17) is 9.47 Å². The first kappa shape index (κ1) is 21.8. The van der Waals surface area contributed by atoms with E-state index in [0.29, 0.717) is 6.54 Å². The fourth-order valence-corrected chi connectivity index (χ4v) is 5.45. The molecule has 1 aliphatic carbocycles. The minimum absolute atomic E-state index is 0.0257. The number of amides is 1. The minimum atomic E-state index is -0.802. The number of ketones is 1. The highest BCUT2D eigenvalue weighted by Crippen LogP contribution is 2.61. The fraction of sp³-hybridized carbons (Fsp3) is 0.458. The summed E-state index contributed by atoms with van der Waals surface area (Å²) in [5, 5.41) is 2.49. The van der Waals surface area contributed by atoms with Crippen LogP contribution in [0.25, 0.3) is 0 Å². The van der Waals surface area contributed by atoms with Crippen molar-refractivity contribution in [3.63, 3.8) is 0 Å². The summed E-state index contributed by atoms with van der Waals surface area (Å²) in [5.74, 6) is -2.97. The molecule has 1 aromatic heterocycles. The first-order valence-corrected chi connectivity index (χ1v) is 11.0. The summed E-state index contributed by atoms with van der Waals surface area (Å²) in [6.07, 6.45) is 3.76. The lowest BCUT2D eigenvalue weighted by atomic mass is 9.73. The predicted octanol–water partition coefficient (Wildman–Crippen LogP) is 2.84. The van der Waals surface area contributed by atoms with Gasteiger partial charge in [-0.2, -0.15) is 0 Å². The molecule has 1 amide bonds. The Bertz CT molecular complexity index is 1220. The lowest BCUT2D eigenvalue weighted by Gasteiger charge is -2.44. The maximum absolute atomic E-state index is 13.9. The number of nitrogens with zero attached hydrogens (tertiary/aromatic N) is 1. The number of methoxy groups -OCH3 is 1. The third-order valence-electron chi connectivity index (χ3n) is 7.06. The monoisotopic (exact) mass is 458 g/mol. The fourth-order valence-electron chi connectivity index (χ4n) is 5.45. The summed E-state index contributed by atoms with van der Waals surface area (Å²) < 4.78 is 40.0. The molecule has 5 rings (SSSR count). The molecule has 2 fully saturated rings. The minimum Gasteiger partial charge on any atom is -0.491 e.